The van der Waals surface area contributed by atoms with Crippen LogP contribution in [0.4, 0.5) is 24.8 Å². The molecule has 1 aromatic heterocycles. The van der Waals surface area contributed by atoms with E-state index in [1.807, 2.05) is 11.1 Å². The average Bonchev–Trinajstić information content (AvgIpc) is 3.10. The maximum atomic E-state index is 12.8. The van der Waals surface area contributed by atoms with E-state index in [-0.39, 0.29) is 18.1 Å². The van der Waals surface area contributed by atoms with E-state index in [0.717, 1.165) is 37.7 Å². The quantitative estimate of drug-likeness (QED) is 0.865. The van der Waals surface area contributed by atoms with Crippen molar-refractivity contribution in [3.8, 4) is 0 Å². The van der Waals surface area contributed by atoms with Crippen molar-refractivity contribution < 1.29 is 18.0 Å². The molecule has 2 aromatic rings. The molecule has 1 aromatic carbocycles. The van der Waals surface area contributed by atoms with E-state index in [9.17, 15) is 18.0 Å². The highest BCUT2D eigenvalue weighted by molar-refractivity contribution is 5.92. The van der Waals surface area contributed by atoms with Gasteiger partial charge in [-0.05, 0) is 25.1 Å². The van der Waals surface area contributed by atoms with Gasteiger partial charge in [-0.25, -0.2) is 4.98 Å². The van der Waals surface area contributed by atoms with Crippen molar-refractivity contribution >= 4 is 17.5 Å². The van der Waals surface area contributed by atoms with Crippen molar-refractivity contribution in [2.45, 2.75) is 19.6 Å². The summed E-state index contributed by atoms with van der Waals surface area (Å²) >= 11 is 0. The summed E-state index contributed by atoms with van der Waals surface area (Å²) in [6.45, 7) is 5.90. The number of aryl methyl sites for hydroxylation is 1. The number of carbonyl (C=O) groups excluding carboxylic acids is 1. The molecule has 0 bridgehead atoms. The zero-order valence-corrected chi connectivity index (χ0v) is 15.0. The van der Waals surface area contributed by atoms with Gasteiger partial charge in [-0.1, -0.05) is 6.07 Å². The van der Waals surface area contributed by atoms with Crippen LogP contribution in [-0.2, 0) is 17.5 Å². The zero-order valence-electron chi connectivity index (χ0n) is 15.0. The van der Waals surface area contributed by atoms with Crippen LogP contribution >= 0.6 is 0 Å². The van der Waals surface area contributed by atoms with Crippen molar-refractivity contribution in [2.24, 2.45) is 0 Å². The first-order chi connectivity index (χ1) is 12.9. The molecule has 1 N–H and O–H groups in total. The number of imidazole rings is 1. The van der Waals surface area contributed by atoms with E-state index in [4.69, 9.17) is 0 Å². The van der Waals surface area contributed by atoms with E-state index >= 15 is 0 Å². The molecule has 0 atom stereocenters. The number of nitrogens with one attached hydrogen (secondary N) is 1. The maximum absolute atomic E-state index is 12.8. The number of amides is 1. The van der Waals surface area contributed by atoms with Crippen LogP contribution in [0.2, 0.25) is 0 Å². The first-order valence-corrected chi connectivity index (χ1v) is 8.82. The van der Waals surface area contributed by atoms with Gasteiger partial charge in [-0.15, -0.1) is 0 Å². The third-order valence-corrected chi connectivity index (χ3v) is 4.53. The van der Waals surface area contributed by atoms with Gasteiger partial charge in [0.25, 0.3) is 0 Å². The summed E-state index contributed by atoms with van der Waals surface area (Å²) in [7, 11) is 0. The van der Waals surface area contributed by atoms with E-state index < -0.39 is 11.7 Å². The first-order valence-electron chi connectivity index (χ1n) is 8.82. The van der Waals surface area contributed by atoms with Gasteiger partial charge in [-0.2, -0.15) is 13.2 Å². The molecule has 27 heavy (non-hydrogen) atoms. The minimum Gasteiger partial charge on any atom is -0.340 e. The van der Waals surface area contributed by atoms with Gasteiger partial charge in [0.2, 0.25) is 11.9 Å². The van der Waals surface area contributed by atoms with Crippen LogP contribution in [0, 0.1) is 0 Å². The normalized spacial score (nSPS) is 15.8. The molecule has 6 nitrogen and oxygen atoms in total. The predicted octanol–water partition coefficient (Wildman–Crippen LogP) is 2.68. The Morgan fingerprint density at radius 2 is 1.96 bits per heavy atom. The molecule has 1 aliphatic heterocycles. The monoisotopic (exact) mass is 381 g/mol. The Morgan fingerprint density at radius 1 is 1.22 bits per heavy atom. The minimum atomic E-state index is -4.43. The second kappa shape index (κ2) is 7.99. The second-order valence-electron chi connectivity index (χ2n) is 6.40. The molecule has 1 aliphatic rings. The smallest absolute Gasteiger partial charge is 0.340 e. The van der Waals surface area contributed by atoms with E-state index in [1.165, 1.54) is 12.1 Å². The predicted molar refractivity (Wildman–Crippen MR) is 96.6 cm³/mol. The number of benzene rings is 1. The van der Waals surface area contributed by atoms with Crippen LogP contribution in [0.3, 0.4) is 0 Å². The lowest BCUT2D eigenvalue weighted by Gasteiger charge is -2.35. The average molecular weight is 381 g/mol. The molecular formula is C18H22F3N5O. The molecule has 0 radical (unpaired) electrons. The number of rotatable bonds is 5. The number of hydrogen-bond acceptors (Lipinski definition) is 4. The van der Waals surface area contributed by atoms with E-state index in [0.29, 0.717) is 13.1 Å². The molecule has 0 saturated carbocycles. The fraction of sp³-hybridized carbons (Fsp3) is 0.444. The molecule has 0 aliphatic carbocycles. The topological polar surface area (TPSA) is 53.4 Å². The van der Waals surface area contributed by atoms with Crippen LogP contribution < -0.4 is 10.2 Å². The van der Waals surface area contributed by atoms with Crippen molar-refractivity contribution in [3.63, 3.8) is 0 Å². The molecule has 1 fully saturated rings. The first kappa shape index (κ1) is 19.2. The summed E-state index contributed by atoms with van der Waals surface area (Å²) in [6.07, 6.45) is -0.723. The van der Waals surface area contributed by atoms with Crippen LogP contribution in [0.1, 0.15) is 12.5 Å². The van der Waals surface area contributed by atoms with Crippen LogP contribution in [-0.4, -0.2) is 53.1 Å². The Kier molecular flexibility index (Phi) is 5.69. The number of piperazine rings is 1. The number of alkyl halides is 3. The molecule has 0 spiro atoms. The lowest BCUT2D eigenvalue weighted by molar-refractivity contribution is -0.137. The molecule has 1 amide bonds. The Balaban J connectivity index is 1.51. The van der Waals surface area contributed by atoms with Gasteiger partial charge in [0, 0.05) is 50.8 Å². The van der Waals surface area contributed by atoms with Gasteiger partial charge < -0.3 is 14.8 Å². The highest BCUT2D eigenvalue weighted by Gasteiger charge is 2.30. The number of carbonyl (C=O) groups is 1. The SMILES string of the molecule is CCn1ccnc1N1CCN(CC(=O)Nc2cccc(C(F)(F)F)c2)CC1. The Labute approximate surface area is 155 Å². The highest BCUT2D eigenvalue weighted by atomic mass is 19.4. The summed E-state index contributed by atoms with van der Waals surface area (Å²) in [5, 5.41) is 2.55. The van der Waals surface area contributed by atoms with Crippen LogP contribution in [0.15, 0.2) is 36.7 Å². The van der Waals surface area contributed by atoms with Crippen LogP contribution in [0.25, 0.3) is 0 Å². The molecule has 1 saturated heterocycles. The molecule has 3 rings (SSSR count). The Bertz CT molecular complexity index is 781. The lowest BCUT2D eigenvalue weighted by atomic mass is 10.2. The Hall–Kier alpha value is -2.55. The maximum Gasteiger partial charge on any atom is 0.416 e. The van der Waals surface area contributed by atoms with Crippen molar-refractivity contribution in [1.82, 2.24) is 14.5 Å². The van der Waals surface area contributed by atoms with Crippen molar-refractivity contribution in [3.05, 3.63) is 42.2 Å². The van der Waals surface area contributed by atoms with Gasteiger partial charge in [0.1, 0.15) is 0 Å². The van der Waals surface area contributed by atoms with Crippen molar-refractivity contribution in [2.75, 3.05) is 42.9 Å². The molecule has 0 unspecified atom stereocenters. The summed E-state index contributed by atoms with van der Waals surface area (Å²) in [5.74, 6) is 0.600. The number of nitrogens with zero attached hydrogens (tertiary/aromatic N) is 4. The third-order valence-electron chi connectivity index (χ3n) is 4.53. The zero-order chi connectivity index (χ0) is 19.4. The molecule has 9 heteroatoms. The third kappa shape index (κ3) is 4.79. The lowest BCUT2D eigenvalue weighted by Crippen LogP contribution is -2.49. The highest BCUT2D eigenvalue weighted by Crippen LogP contribution is 2.30. The summed E-state index contributed by atoms with van der Waals surface area (Å²) in [6, 6.07) is 4.66. The fourth-order valence-corrected chi connectivity index (χ4v) is 3.11. The largest absolute Gasteiger partial charge is 0.416 e. The van der Waals surface area contributed by atoms with Gasteiger partial charge >= 0.3 is 6.18 Å². The number of aromatic nitrogens is 2. The van der Waals surface area contributed by atoms with Gasteiger partial charge in [0.05, 0.1) is 12.1 Å². The summed E-state index contributed by atoms with van der Waals surface area (Å²) in [5.41, 5.74) is -0.626. The number of hydrogen-bond donors (Lipinski definition) is 1. The standard InChI is InChI=1S/C18H22F3N5O/c1-2-25-7-6-22-17(25)26-10-8-24(9-11-26)13-16(27)23-15-5-3-4-14(12-15)18(19,20)21/h3-7,12H,2,8-11,13H2,1H3,(H,23,27). The number of anilines is 2. The van der Waals surface area contributed by atoms with Gasteiger partial charge in [-0.3, -0.25) is 9.69 Å². The summed E-state index contributed by atoms with van der Waals surface area (Å²) < 4.78 is 40.3. The molecule has 2 heterocycles. The second-order valence-corrected chi connectivity index (χ2v) is 6.40. The fourth-order valence-electron chi connectivity index (χ4n) is 3.11. The van der Waals surface area contributed by atoms with Crippen LogP contribution in [0.5, 0.6) is 0 Å². The van der Waals surface area contributed by atoms with E-state index in [1.54, 1.807) is 6.20 Å². The van der Waals surface area contributed by atoms with Gasteiger partial charge in [0.15, 0.2) is 0 Å². The molecule has 146 valence electrons. The summed E-state index contributed by atoms with van der Waals surface area (Å²) in [4.78, 5) is 20.7. The Morgan fingerprint density at radius 3 is 2.63 bits per heavy atom. The molecular weight excluding hydrogens is 359 g/mol. The minimum absolute atomic E-state index is 0.145. The van der Waals surface area contributed by atoms with Crippen molar-refractivity contribution in [1.29, 1.82) is 0 Å². The van der Waals surface area contributed by atoms with E-state index in [2.05, 4.69) is 26.7 Å². The number of halogens is 3.